The van der Waals surface area contributed by atoms with Crippen LogP contribution in [-0.2, 0) is 102 Å². The normalized spacial score (nSPS) is 23.3. The Morgan fingerprint density at radius 2 is 0.876 bits per heavy atom. The first-order chi connectivity index (χ1) is 61.1. The van der Waals surface area contributed by atoms with Crippen molar-refractivity contribution in [3.63, 3.8) is 0 Å². The number of halogens is 3. The molecule has 15 amide bonds. The fourth-order valence-electron chi connectivity index (χ4n) is 13.4. The fourth-order valence-corrected chi connectivity index (χ4v) is 15.8. The number of amides is 15. The molecule has 129 heavy (non-hydrogen) atoms. The lowest BCUT2D eigenvalue weighted by atomic mass is 10.00. The maximum atomic E-state index is 15.4. The SMILES string of the molecule is C.C[C@@H](O)[C@@H]1NC(=O)[C@H](CCCCN)NC(=O)[C@H](Cc2c[nH]c3ccccc23)NC(=O)[C@H](Cc2ccccc2)NC(=O)[C@H](Cc2ccccc2)NC(=O)[C@H](CC(N)=O)NC(=O)[C@H](CCCCN)NC(=O)[C@@H](NC(=O)[C@@H]2CCCN2)CSSC[C@@H](C(=O)N[C@@H](CCCCN)C(N)=O)NC(=O)[C@H](CO)NC(=O)[C@H](CO)NC(=O)[C@H](Cc2ccccc2)NC1=O.O=C(O)C(F)(F)F. The molecule has 0 bridgehead atoms. The van der Waals surface area contributed by atoms with Gasteiger partial charge in [-0.05, 0) is 132 Å². The molecule has 1 aromatic heterocycles. The van der Waals surface area contributed by atoms with Crippen molar-refractivity contribution < 1.29 is 110 Å². The number of para-hydroxylation sites is 1. The van der Waals surface area contributed by atoms with Gasteiger partial charge < -0.3 is 129 Å². The number of unbranched alkanes of at least 4 members (excludes halogenated alkanes) is 3. The molecule has 5 aromatic rings. The van der Waals surface area contributed by atoms with Gasteiger partial charge in [0.25, 0.3) is 0 Å². The maximum absolute atomic E-state index is 15.4. The number of H-pyrrole nitrogens is 1. The van der Waals surface area contributed by atoms with Crippen LogP contribution in [-0.4, -0.2) is 268 Å². The van der Waals surface area contributed by atoms with Crippen LogP contribution < -0.4 is 103 Å². The van der Waals surface area contributed by atoms with Crippen LogP contribution in [0.25, 0.3) is 10.9 Å². The van der Waals surface area contributed by atoms with Gasteiger partial charge in [-0.25, -0.2) is 4.79 Å². The lowest BCUT2D eigenvalue weighted by Gasteiger charge is -2.29. The minimum Gasteiger partial charge on any atom is -0.475 e. The van der Waals surface area contributed by atoms with Gasteiger partial charge in [-0.3, -0.25) is 71.9 Å². The summed E-state index contributed by atoms with van der Waals surface area (Å²) in [4.78, 5) is 230. The molecule has 3 heterocycles. The second-order valence-corrected chi connectivity index (χ2v) is 33.0. The van der Waals surface area contributed by atoms with E-state index in [1.165, 1.54) is 0 Å². The lowest BCUT2D eigenvalue weighted by Crippen LogP contribution is -2.63. The van der Waals surface area contributed by atoms with Gasteiger partial charge in [0.1, 0.15) is 78.5 Å². The van der Waals surface area contributed by atoms with Gasteiger partial charge in [0.05, 0.1) is 31.8 Å². The van der Waals surface area contributed by atoms with Crippen LogP contribution in [0.2, 0.25) is 0 Å². The number of benzene rings is 4. The third-order valence-corrected chi connectivity index (χ3v) is 22.8. The molecule has 2 saturated heterocycles. The number of aliphatic carboxylic acids is 1. The summed E-state index contributed by atoms with van der Waals surface area (Å²) in [6, 6.07) is 9.28. The zero-order valence-electron chi connectivity index (χ0n) is 70.3. The van der Waals surface area contributed by atoms with Crippen molar-refractivity contribution in [3.8, 4) is 0 Å². The largest absolute Gasteiger partial charge is 0.490 e. The van der Waals surface area contributed by atoms with Crippen LogP contribution in [0.15, 0.2) is 121 Å². The van der Waals surface area contributed by atoms with Crippen LogP contribution in [0.4, 0.5) is 13.2 Å². The predicted molar refractivity (Wildman–Crippen MR) is 471 cm³/mol. The Balaban J connectivity index is 0.00000353. The molecule has 40 nitrogen and oxygen atoms in total. The van der Waals surface area contributed by atoms with Gasteiger partial charge in [0.15, 0.2) is 0 Å². The van der Waals surface area contributed by atoms with E-state index in [1.807, 2.05) is 0 Å². The first-order valence-corrected chi connectivity index (χ1v) is 44.0. The van der Waals surface area contributed by atoms with Gasteiger partial charge in [-0.15, -0.1) is 0 Å². The van der Waals surface area contributed by atoms with Crippen molar-refractivity contribution >= 4 is 127 Å². The predicted octanol–water partition coefficient (Wildman–Crippen LogP) is -3.73. The zero-order chi connectivity index (χ0) is 94.0. The number of rotatable bonds is 30. The number of nitrogens with two attached hydrogens (primary N) is 5. The molecule has 7 rings (SSSR count). The monoisotopic (exact) mass is 1850 g/mol. The van der Waals surface area contributed by atoms with E-state index in [4.69, 9.17) is 38.6 Å². The number of alkyl halides is 3. The Bertz CT molecular complexity index is 4530. The Morgan fingerprint density at radius 1 is 0.481 bits per heavy atom. The van der Waals surface area contributed by atoms with Crippen molar-refractivity contribution in [3.05, 3.63) is 144 Å². The zero-order valence-corrected chi connectivity index (χ0v) is 72.0. The molecule has 0 spiro atoms. The molecule has 0 unspecified atom stereocenters. The van der Waals surface area contributed by atoms with E-state index in [0.717, 1.165) is 28.5 Å². The van der Waals surface area contributed by atoms with Crippen molar-refractivity contribution in [2.45, 2.75) is 214 Å². The summed E-state index contributed by atoms with van der Waals surface area (Å²) in [5.74, 6) is -19.1. The molecule has 0 radical (unpaired) electrons. The number of aliphatic hydroxyl groups excluding tert-OH is 3. The summed E-state index contributed by atoms with van der Waals surface area (Å²) in [7, 11) is 1.74. The van der Waals surface area contributed by atoms with Gasteiger partial charge in [-0.2, -0.15) is 13.2 Å². The Kier molecular flexibility index (Phi) is 46.6. The minimum atomic E-state index is -5.08. The molecular weight excluding hydrogens is 1730 g/mol. The molecule has 2 aliphatic heterocycles. The third kappa shape index (κ3) is 36.7. The number of carbonyl (C=O) groups excluding carboxylic acids is 15. The number of hydrogen-bond acceptors (Lipinski definition) is 25. The van der Waals surface area contributed by atoms with E-state index in [2.05, 4.69) is 79.4 Å². The van der Waals surface area contributed by atoms with E-state index < -0.39 is 217 Å². The Hall–Kier alpha value is -11.9. The highest BCUT2D eigenvalue weighted by Crippen LogP contribution is 2.25. The first kappa shape index (κ1) is 108. The van der Waals surface area contributed by atoms with Gasteiger partial charge >= 0.3 is 12.1 Å². The second-order valence-electron chi connectivity index (χ2n) is 30.4. The van der Waals surface area contributed by atoms with Crippen LogP contribution in [0.1, 0.15) is 114 Å². The van der Waals surface area contributed by atoms with Crippen molar-refractivity contribution in [2.24, 2.45) is 28.7 Å². The number of aliphatic hydroxyl groups is 3. The summed E-state index contributed by atoms with van der Waals surface area (Å²) >= 11 is 0. The van der Waals surface area contributed by atoms with Crippen molar-refractivity contribution in [2.75, 3.05) is 50.9 Å². The summed E-state index contributed by atoms with van der Waals surface area (Å²) < 4.78 is 31.7. The topological polar surface area (TPSA) is 668 Å². The number of primary amides is 2. The van der Waals surface area contributed by atoms with Crippen molar-refractivity contribution in [1.29, 1.82) is 0 Å². The van der Waals surface area contributed by atoms with E-state index in [0.29, 0.717) is 78.2 Å². The van der Waals surface area contributed by atoms with Gasteiger partial charge in [0, 0.05) is 54.3 Å². The summed E-state index contributed by atoms with van der Waals surface area (Å²) in [5.41, 5.74) is 31.6. The molecule has 45 heteroatoms. The van der Waals surface area contributed by atoms with Gasteiger partial charge in [0.2, 0.25) is 88.6 Å². The quantitative estimate of drug-likeness (QED) is 0.0155. The lowest BCUT2D eigenvalue weighted by molar-refractivity contribution is -0.192. The Labute approximate surface area is 750 Å². The standard InChI is InChI=1S/C81H114N20O18S2.C2HF3O2.CH4/c1-46(104)67-81(119)96-59(38-49-24-9-4-10-25-49)74(112)97-62(42-102)77(115)98-63(43-103)78(116)100-64(79(117)89-53(68(86)106)28-13-16-32-82)44-120-121-45-65(99-69(107)54-31-19-35-87-54)80(118)91-55(29-14-17-33-83)70(108)95-61(40-66(85)105)76(114)93-57(36-47-20-5-2-6-21-47)72(110)92-58(37-48-22-7-3-8-23-48)73(111)94-60(39-50-41-88-52-27-12-11-26-51(50)52)75(113)90-56(71(109)101-67)30-15-18-34-84;3-2(4,5)1(6)7;/h2-12,20-27,41,46,53-65,67,87-88,102-104H,13-19,28-40,42-45,82-84H2,1H3,(H2,85,105)(H2,86,106)(H,89,117)(H,90,113)(H,91,118)(H,92,110)(H,93,114)(H,94,111)(H,95,108)(H,96,119)(H,97,112)(H,98,115)(H,99,107)(H,100,116)(H,101,109);(H,6,7);1H4/t46-,53+,54+,55+,56+,57+,58+,59+,60+,61+,62+,63+,64+,65+,67+;;/m1../s1. The molecule has 15 atom stereocenters. The van der Waals surface area contributed by atoms with E-state index in [9.17, 15) is 86.0 Å². The second kappa shape index (κ2) is 55.8. The smallest absolute Gasteiger partial charge is 0.475 e. The van der Waals surface area contributed by atoms with Crippen LogP contribution >= 0.6 is 21.6 Å². The summed E-state index contributed by atoms with van der Waals surface area (Å²) in [6.45, 7) is -0.246. The Morgan fingerprint density at radius 3 is 1.33 bits per heavy atom. The number of nitrogens with one attached hydrogen (secondary N) is 15. The van der Waals surface area contributed by atoms with Gasteiger partial charge in [-0.1, -0.05) is 138 Å². The summed E-state index contributed by atoms with van der Waals surface area (Å²) in [6.07, 6.45) is -4.81. The number of aromatic amines is 1. The summed E-state index contributed by atoms with van der Waals surface area (Å²) in [5, 5.41) is 77.1. The molecule has 708 valence electrons. The van der Waals surface area contributed by atoms with E-state index >= 15 is 14.4 Å². The fraction of sp³-hybridized carbons (Fsp3) is 0.500. The molecular formula is C84H119F3N20O20S2. The van der Waals surface area contributed by atoms with Crippen LogP contribution in [0, 0.1) is 0 Å². The number of fused-ring (bicyclic) bond motifs is 1. The van der Waals surface area contributed by atoms with E-state index in [1.54, 1.807) is 121 Å². The first-order valence-electron chi connectivity index (χ1n) is 41.6. The average molecular weight is 1850 g/mol. The third-order valence-electron chi connectivity index (χ3n) is 20.4. The minimum absolute atomic E-state index is 0. The highest BCUT2D eigenvalue weighted by Gasteiger charge is 2.41. The molecule has 0 saturated carbocycles. The molecule has 2 aliphatic rings. The van der Waals surface area contributed by atoms with Crippen LogP contribution in [0.3, 0.4) is 0 Å². The van der Waals surface area contributed by atoms with E-state index in [-0.39, 0.29) is 90.6 Å². The number of aromatic nitrogens is 1. The number of carboxylic acid groups (broad SMARTS) is 1. The number of hydrogen-bond donors (Lipinski definition) is 24. The number of carbonyl (C=O) groups is 16. The van der Waals surface area contributed by atoms with Crippen LogP contribution in [0.5, 0.6) is 0 Å². The molecule has 29 N–H and O–H groups in total. The molecule has 0 aliphatic carbocycles. The molecule has 4 aromatic carbocycles. The van der Waals surface area contributed by atoms with Crippen molar-refractivity contribution in [1.82, 2.24) is 79.4 Å². The highest BCUT2D eigenvalue weighted by molar-refractivity contribution is 8.76. The molecule has 2 fully saturated rings. The number of carboxylic acids is 1. The average Bonchev–Trinajstić information content (AvgIpc) is 1.68. The maximum Gasteiger partial charge on any atom is 0.490 e. The highest BCUT2D eigenvalue weighted by atomic mass is 33.1.